The zero-order chi connectivity index (χ0) is 11.5. The molecule has 1 saturated carbocycles. The van der Waals surface area contributed by atoms with E-state index >= 15 is 0 Å². The molecule has 0 aromatic rings. The number of nitrogens with zero attached hydrogens (tertiary/aromatic N) is 1. The van der Waals surface area contributed by atoms with Crippen molar-refractivity contribution in [1.82, 2.24) is 10.2 Å². The molecule has 90 valence electrons. The Morgan fingerprint density at radius 2 is 2.12 bits per heavy atom. The largest absolute Gasteiger partial charge is 0.345 e. The van der Waals surface area contributed by atoms with Gasteiger partial charge in [0.25, 0.3) is 0 Å². The number of hydrogen-bond donors (Lipinski definition) is 1. The summed E-state index contributed by atoms with van der Waals surface area (Å²) in [6, 6.07) is -0.235. The number of amides is 2. The van der Waals surface area contributed by atoms with E-state index in [9.17, 15) is 9.59 Å². The highest BCUT2D eigenvalue weighted by molar-refractivity contribution is 5.94. The number of piperazine rings is 1. The lowest BCUT2D eigenvalue weighted by Crippen LogP contribution is -2.58. The van der Waals surface area contributed by atoms with Crippen molar-refractivity contribution in [2.24, 2.45) is 5.92 Å². The van der Waals surface area contributed by atoms with E-state index in [2.05, 4.69) is 5.32 Å². The Labute approximate surface area is 96.4 Å². The van der Waals surface area contributed by atoms with Crippen LogP contribution in [-0.2, 0) is 9.59 Å². The molecule has 2 aliphatic rings. The summed E-state index contributed by atoms with van der Waals surface area (Å²) in [5.74, 6) is 0.872. The van der Waals surface area contributed by atoms with Gasteiger partial charge in [-0.2, -0.15) is 0 Å². The molecule has 2 rings (SSSR count). The van der Waals surface area contributed by atoms with Crippen LogP contribution < -0.4 is 5.32 Å². The van der Waals surface area contributed by atoms with Crippen LogP contribution in [0.1, 0.15) is 39.0 Å². The van der Waals surface area contributed by atoms with Gasteiger partial charge in [-0.3, -0.25) is 9.59 Å². The van der Waals surface area contributed by atoms with Gasteiger partial charge in [-0.1, -0.05) is 26.2 Å². The molecule has 1 saturated heterocycles. The molecule has 1 N–H and O–H groups in total. The van der Waals surface area contributed by atoms with Crippen molar-refractivity contribution < 1.29 is 9.59 Å². The van der Waals surface area contributed by atoms with Crippen molar-refractivity contribution >= 4 is 11.8 Å². The van der Waals surface area contributed by atoms with E-state index in [-0.39, 0.29) is 24.4 Å². The number of carbonyl (C=O) groups is 2. The van der Waals surface area contributed by atoms with Gasteiger partial charge in [-0.25, -0.2) is 0 Å². The zero-order valence-corrected chi connectivity index (χ0v) is 9.87. The van der Waals surface area contributed by atoms with E-state index in [1.54, 1.807) is 4.90 Å². The molecule has 2 amide bonds. The summed E-state index contributed by atoms with van der Waals surface area (Å²) in [4.78, 5) is 25.1. The van der Waals surface area contributed by atoms with E-state index in [4.69, 9.17) is 0 Å². The molecule has 0 aromatic heterocycles. The summed E-state index contributed by atoms with van der Waals surface area (Å²) in [6.07, 6.45) is 5.70. The average molecular weight is 224 g/mol. The number of carbonyl (C=O) groups excluding carboxylic acids is 2. The van der Waals surface area contributed by atoms with Gasteiger partial charge in [0.15, 0.2) is 0 Å². The lowest BCUT2D eigenvalue weighted by atomic mass is 9.83. The molecular formula is C12H20N2O2. The summed E-state index contributed by atoms with van der Waals surface area (Å²) >= 11 is 0. The van der Waals surface area contributed by atoms with Crippen molar-refractivity contribution in [2.45, 2.75) is 45.1 Å². The topological polar surface area (TPSA) is 49.4 Å². The SMILES string of the molecule is CCC1C(=O)NCC(=O)N1CCC1CCC1. The third-order valence-corrected chi connectivity index (χ3v) is 3.80. The Balaban J connectivity index is 1.91. The Morgan fingerprint density at radius 1 is 1.38 bits per heavy atom. The molecule has 1 heterocycles. The van der Waals surface area contributed by atoms with Crippen LogP contribution >= 0.6 is 0 Å². The minimum Gasteiger partial charge on any atom is -0.345 e. The molecule has 0 aromatic carbocycles. The van der Waals surface area contributed by atoms with E-state index in [1.165, 1.54) is 19.3 Å². The molecule has 0 spiro atoms. The van der Waals surface area contributed by atoms with E-state index < -0.39 is 0 Å². The predicted molar refractivity (Wildman–Crippen MR) is 60.8 cm³/mol. The maximum absolute atomic E-state index is 11.7. The number of rotatable bonds is 4. The summed E-state index contributed by atoms with van der Waals surface area (Å²) in [7, 11) is 0. The highest BCUT2D eigenvalue weighted by Crippen LogP contribution is 2.29. The maximum atomic E-state index is 11.7. The van der Waals surface area contributed by atoms with E-state index in [0.717, 1.165) is 18.9 Å². The lowest BCUT2D eigenvalue weighted by molar-refractivity contribution is -0.146. The summed E-state index contributed by atoms with van der Waals surface area (Å²) in [5, 5.41) is 2.65. The molecular weight excluding hydrogens is 204 g/mol. The first-order valence-corrected chi connectivity index (χ1v) is 6.29. The van der Waals surface area contributed by atoms with Crippen LogP contribution in [0.15, 0.2) is 0 Å². The molecule has 1 unspecified atom stereocenters. The van der Waals surface area contributed by atoms with Gasteiger partial charge in [-0.05, 0) is 18.8 Å². The Kier molecular flexibility index (Phi) is 3.46. The van der Waals surface area contributed by atoms with E-state index in [0.29, 0.717) is 6.42 Å². The molecule has 4 heteroatoms. The molecule has 1 atom stereocenters. The predicted octanol–water partition coefficient (Wildman–Crippen LogP) is 0.914. The lowest BCUT2D eigenvalue weighted by Gasteiger charge is -2.36. The molecule has 1 aliphatic carbocycles. The van der Waals surface area contributed by atoms with Crippen LogP contribution in [0.25, 0.3) is 0 Å². The Hall–Kier alpha value is -1.06. The van der Waals surface area contributed by atoms with Crippen LogP contribution in [0.2, 0.25) is 0 Å². The second-order valence-corrected chi connectivity index (χ2v) is 4.81. The van der Waals surface area contributed by atoms with Gasteiger partial charge in [-0.15, -0.1) is 0 Å². The van der Waals surface area contributed by atoms with Crippen molar-refractivity contribution in [3.05, 3.63) is 0 Å². The molecule has 0 radical (unpaired) electrons. The fraction of sp³-hybridized carbons (Fsp3) is 0.833. The molecule has 2 fully saturated rings. The first-order valence-electron chi connectivity index (χ1n) is 6.29. The molecule has 1 aliphatic heterocycles. The van der Waals surface area contributed by atoms with Crippen molar-refractivity contribution in [3.63, 3.8) is 0 Å². The van der Waals surface area contributed by atoms with Crippen LogP contribution in [0.5, 0.6) is 0 Å². The fourth-order valence-corrected chi connectivity index (χ4v) is 2.49. The Bertz CT molecular complexity index is 287. The van der Waals surface area contributed by atoms with Crippen molar-refractivity contribution in [3.8, 4) is 0 Å². The second-order valence-electron chi connectivity index (χ2n) is 4.81. The first-order chi connectivity index (χ1) is 7.72. The first kappa shape index (κ1) is 11.4. The van der Waals surface area contributed by atoms with Gasteiger partial charge >= 0.3 is 0 Å². The smallest absolute Gasteiger partial charge is 0.243 e. The molecule has 16 heavy (non-hydrogen) atoms. The van der Waals surface area contributed by atoms with Gasteiger partial charge in [0, 0.05) is 6.54 Å². The highest BCUT2D eigenvalue weighted by atomic mass is 16.2. The van der Waals surface area contributed by atoms with Gasteiger partial charge in [0.05, 0.1) is 6.54 Å². The van der Waals surface area contributed by atoms with Crippen LogP contribution in [-0.4, -0.2) is 35.8 Å². The minimum absolute atomic E-state index is 0.00992. The quantitative estimate of drug-likeness (QED) is 0.771. The molecule has 0 bridgehead atoms. The third kappa shape index (κ3) is 2.20. The van der Waals surface area contributed by atoms with Gasteiger partial charge in [0.1, 0.15) is 6.04 Å². The summed E-state index contributed by atoms with van der Waals surface area (Å²) in [6.45, 7) is 2.90. The minimum atomic E-state index is -0.235. The number of hydrogen-bond acceptors (Lipinski definition) is 2. The van der Waals surface area contributed by atoms with Gasteiger partial charge in [0.2, 0.25) is 11.8 Å². The second kappa shape index (κ2) is 4.85. The Morgan fingerprint density at radius 3 is 2.69 bits per heavy atom. The van der Waals surface area contributed by atoms with Gasteiger partial charge < -0.3 is 10.2 Å². The van der Waals surface area contributed by atoms with Crippen LogP contribution in [0, 0.1) is 5.92 Å². The fourth-order valence-electron chi connectivity index (χ4n) is 2.49. The normalized spacial score (nSPS) is 26.6. The van der Waals surface area contributed by atoms with Crippen LogP contribution in [0.4, 0.5) is 0 Å². The van der Waals surface area contributed by atoms with Crippen molar-refractivity contribution in [2.75, 3.05) is 13.1 Å². The summed E-state index contributed by atoms with van der Waals surface area (Å²) in [5.41, 5.74) is 0. The average Bonchev–Trinajstić information content (AvgIpc) is 2.21. The third-order valence-electron chi connectivity index (χ3n) is 3.80. The summed E-state index contributed by atoms with van der Waals surface area (Å²) < 4.78 is 0. The van der Waals surface area contributed by atoms with E-state index in [1.807, 2.05) is 6.92 Å². The van der Waals surface area contributed by atoms with Crippen LogP contribution in [0.3, 0.4) is 0 Å². The monoisotopic (exact) mass is 224 g/mol. The zero-order valence-electron chi connectivity index (χ0n) is 9.87. The molecule has 4 nitrogen and oxygen atoms in total. The highest BCUT2D eigenvalue weighted by Gasteiger charge is 2.33. The van der Waals surface area contributed by atoms with Crippen molar-refractivity contribution in [1.29, 1.82) is 0 Å². The standard InChI is InChI=1S/C12H20N2O2/c1-2-10-12(16)13-8-11(15)14(10)7-6-9-4-3-5-9/h9-10H,2-8H2,1H3,(H,13,16). The number of nitrogens with one attached hydrogen (secondary N) is 1. The maximum Gasteiger partial charge on any atom is 0.243 e.